The summed E-state index contributed by atoms with van der Waals surface area (Å²) in [5.41, 5.74) is 0. The summed E-state index contributed by atoms with van der Waals surface area (Å²) >= 11 is 0. The van der Waals surface area contributed by atoms with Crippen molar-refractivity contribution in [1.29, 1.82) is 0 Å². The summed E-state index contributed by atoms with van der Waals surface area (Å²) in [6.07, 6.45) is 2.88. The summed E-state index contributed by atoms with van der Waals surface area (Å²) in [5, 5.41) is 2.81. The van der Waals surface area contributed by atoms with Crippen LogP contribution >= 0.6 is 0 Å². The molecule has 0 aromatic rings. The smallest absolute Gasteiger partial charge is 0.246 e. The van der Waals surface area contributed by atoms with Crippen molar-refractivity contribution in [3.63, 3.8) is 0 Å². The van der Waals surface area contributed by atoms with Gasteiger partial charge in [0, 0.05) is 19.8 Å². The zero-order chi connectivity index (χ0) is 12.4. The molecule has 1 N–H and O–H groups in total. The van der Waals surface area contributed by atoms with Gasteiger partial charge in [0.25, 0.3) is 0 Å². The third-order valence-electron chi connectivity index (χ3n) is 3.54. The molecule has 2 atom stereocenters. The maximum absolute atomic E-state index is 12.2. The molecule has 2 unspecified atom stereocenters. The quantitative estimate of drug-likeness (QED) is 0.744. The van der Waals surface area contributed by atoms with Gasteiger partial charge in [-0.3, -0.25) is 9.59 Å². The van der Waals surface area contributed by atoms with E-state index in [1.165, 1.54) is 0 Å². The number of rotatable bonds is 5. The van der Waals surface area contributed by atoms with Crippen molar-refractivity contribution in [2.24, 2.45) is 5.92 Å². The Labute approximate surface area is 101 Å². The number of nitrogens with one attached hydrogen (secondary N) is 1. The molecule has 2 amide bonds. The lowest BCUT2D eigenvalue weighted by atomic mass is 10.1. The molecule has 0 radical (unpaired) electrons. The van der Waals surface area contributed by atoms with Gasteiger partial charge in [0.2, 0.25) is 11.8 Å². The predicted molar refractivity (Wildman–Crippen MR) is 62.3 cm³/mol. The minimum absolute atomic E-state index is 0.0363. The van der Waals surface area contributed by atoms with Crippen LogP contribution in [0.15, 0.2) is 0 Å². The Morgan fingerprint density at radius 3 is 2.76 bits per heavy atom. The SMILES string of the molecule is COCCC(C)N1CC(=O)NC(C2CC2)C1=O. The van der Waals surface area contributed by atoms with Gasteiger partial charge in [-0.2, -0.15) is 0 Å². The van der Waals surface area contributed by atoms with Crippen LogP contribution in [0.3, 0.4) is 0 Å². The van der Waals surface area contributed by atoms with Gasteiger partial charge < -0.3 is 15.0 Å². The predicted octanol–water partition coefficient (Wildman–Crippen LogP) is 0.148. The molecule has 0 spiro atoms. The molecule has 0 aromatic carbocycles. The summed E-state index contributed by atoms with van der Waals surface area (Å²) in [5.74, 6) is 0.408. The first-order valence-electron chi connectivity index (χ1n) is 6.22. The topological polar surface area (TPSA) is 58.6 Å². The van der Waals surface area contributed by atoms with Gasteiger partial charge in [0.15, 0.2) is 0 Å². The van der Waals surface area contributed by atoms with Crippen LogP contribution in [0.2, 0.25) is 0 Å². The summed E-state index contributed by atoms with van der Waals surface area (Å²) in [4.78, 5) is 25.5. The molecule has 0 bridgehead atoms. The minimum atomic E-state index is -0.277. The summed E-state index contributed by atoms with van der Waals surface area (Å²) in [7, 11) is 1.64. The van der Waals surface area contributed by atoms with E-state index in [1.54, 1.807) is 12.0 Å². The van der Waals surface area contributed by atoms with Gasteiger partial charge in [-0.1, -0.05) is 0 Å². The zero-order valence-electron chi connectivity index (χ0n) is 10.4. The first kappa shape index (κ1) is 12.4. The molecule has 1 saturated heterocycles. The first-order chi connectivity index (χ1) is 8.13. The highest BCUT2D eigenvalue weighted by Crippen LogP contribution is 2.34. The van der Waals surface area contributed by atoms with E-state index in [-0.39, 0.29) is 30.4 Å². The molecule has 2 rings (SSSR count). The first-order valence-corrected chi connectivity index (χ1v) is 6.22. The third-order valence-corrected chi connectivity index (χ3v) is 3.54. The van der Waals surface area contributed by atoms with Gasteiger partial charge >= 0.3 is 0 Å². The van der Waals surface area contributed by atoms with E-state index in [4.69, 9.17) is 4.74 Å². The number of amides is 2. The van der Waals surface area contributed by atoms with Crippen LogP contribution in [-0.2, 0) is 14.3 Å². The maximum atomic E-state index is 12.2. The fourth-order valence-electron chi connectivity index (χ4n) is 2.26. The van der Waals surface area contributed by atoms with Crippen molar-refractivity contribution in [2.45, 2.75) is 38.3 Å². The third kappa shape index (κ3) is 2.77. The van der Waals surface area contributed by atoms with Gasteiger partial charge in [0.05, 0.1) is 6.54 Å². The fourth-order valence-corrected chi connectivity index (χ4v) is 2.26. The molecule has 0 aromatic heterocycles. The lowest BCUT2D eigenvalue weighted by molar-refractivity contribution is -0.147. The highest BCUT2D eigenvalue weighted by molar-refractivity contribution is 5.95. The van der Waals surface area contributed by atoms with Crippen LogP contribution in [0.1, 0.15) is 26.2 Å². The Morgan fingerprint density at radius 2 is 2.18 bits per heavy atom. The van der Waals surface area contributed by atoms with E-state index in [0.717, 1.165) is 19.3 Å². The second-order valence-electron chi connectivity index (χ2n) is 4.98. The van der Waals surface area contributed by atoms with Crippen molar-refractivity contribution < 1.29 is 14.3 Å². The second-order valence-corrected chi connectivity index (χ2v) is 4.98. The van der Waals surface area contributed by atoms with E-state index in [0.29, 0.717) is 12.5 Å². The van der Waals surface area contributed by atoms with E-state index < -0.39 is 0 Å². The summed E-state index contributed by atoms with van der Waals surface area (Å²) in [6.45, 7) is 2.77. The number of carbonyl (C=O) groups is 2. The molecule has 1 heterocycles. The summed E-state index contributed by atoms with van der Waals surface area (Å²) in [6, 6.07) is -0.212. The standard InChI is InChI=1S/C12H20N2O3/c1-8(5-6-17-2)14-7-10(15)13-11(12(14)16)9-3-4-9/h8-9,11H,3-7H2,1-2H3,(H,13,15). The van der Waals surface area contributed by atoms with Crippen molar-refractivity contribution in [1.82, 2.24) is 10.2 Å². The fraction of sp³-hybridized carbons (Fsp3) is 0.833. The molecule has 1 aliphatic carbocycles. The molecule has 1 aliphatic heterocycles. The molecule has 5 nitrogen and oxygen atoms in total. The van der Waals surface area contributed by atoms with Gasteiger partial charge in [-0.05, 0) is 32.1 Å². The van der Waals surface area contributed by atoms with Crippen LogP contribution in [0, 0.1) is 5.92 Å². The Balaban J connectivity index is 1.99. The van der Waals surface area contributed by atoms with Crippen molar-refractivity contribution >= 4 is 11.8 Å². The molecule has 5 heteroatoms. The summed E-state index contributed by atoms with van der Waals surface area (Å²) < 4.78 is 5.01. The number of nitrogens with zero attached hydrogens (tertiary/aromatic N) is 1. The van der Waals surface area contributed by atoms with Crippen LogP contribution in [0.25, 0.3) is 0 Å². The lowest BCUT2D eigenvalue weighted by Gasteiger charge is -2.36. The monoisotopic (exact) mass is 240 g/mol. The highest BCUT2D eigenvalue weighted by Gasteiger charge is 2.43. The normalized spacial score (nSPS) is 26.9. The van der Waals surface area contributed by atoms with E-state index in [2.05, 4.69) is 5.32 Å². The number of hydrogen-bond donors (Lipinski definition) is 1. The maximum Gasteiger partial charge on any atom is 0.246 e. The van der Waals surface area contributed by atoms with Crippen LogP contribution in [-0.4, -0.2) is 49.1 Å². The molecule has 2 aliphatic rings. The molecule has 17 heavy (non-hydrogen) atoms. The van der Waals surface area contributed by atoms with E-state index in [9.17, 15) is 9.59 Å². The number of methoxy groups -OCH3 is 1. The van der Waals surface area contributed by atoms with Crippen molar-refractivity contribution in [3.8, 4) is 0 Å². The lowest BCUT2D eigenvalue weighted by Crippen LogP contribution is -2.61. The van der Waals surface area contributed by atoms with Gasteiger partial charge in [-0.25, -0.2) is 0 Å². The van der Waals surface area contributed by atoms with Crippen LogP contribution in [0.4, 0.5) is 0 Å². The number of carbonyl (C=O) groups excluding carboxylic acids is 2. The van der Waals surface area contributed by atoms with Crippen LogP contribution in [0.5, 0.6) is 0 Å². The Hall–Kier alpha value is -1.10. The van der Waals surface area contributed by atoms with Crippen LogP contribution < -0.4 is 5.32 Å². The van der Waals surface area contributed by atoms with Gasteiger partial charge in [-0.15, -0.1) is 0 Å². The molecular weight excluding hydrogens is 220 g/mol. The van der Waals surface area contributed by atoms with Gasteiger partial charge in [0.1, 0.15) is 6.04 Å². The van der Waals surface area contributed by atoms with E-state index in [1.807, 2.05) is 6.92 Å². The van der Waals surface area contributed by atoms with Crippen molar-refractivity contribution in [2.75, 3.05) is 20.3 Å². The number of ether oxygens (including phenoxy) is 1. The van der Waals surface area contributed by atoms with E-state index >= 15 is 0 Å². The second kappa shape index (κ2) is 5.04. The molecular formula is C12H20N2O3. The number of piperazine rings is 1. The Morgan fingerprint density at radius 1 is 1.47 bits per heavy atom. The molecule has 2 fully saturated rings. The Bertz CT molecular complexity index is 315. The average molecular weight is 240 g/mol. The Kier molecular flexibility index (Phi) is 3.66. The zero-order valence-corrected chi connectivity index (χ0v) is 10.4. The number of hydrogen-bond acceptors (Lipinski definition) is 3. The highest BCUT2D eigenvalue weighted by atomic mass is 16.5. The van der Waals surface area contributed by atoms with Crippen molar-refractivity contribution in [3.05, 3.63) is 0 Å². The average Bonchev–Trinajstić information content (AvgIpc) is 3.12. The molecule has 96 valence electrons. The largest absolute Gasteiger partial charge is 0.385 e. The minimum Gasteiger partial charge on any atom is -0.385 e. The molecule has 1 saturated carbocycles.